The van der Waals surface area contributed by atoms with Gasteiger partial charge < -0.3 is 19.9 Å². The number of carbonyl (C=O) groups is 3. The molecule has 0 radical (unpaired) electrons. The zero-order valence-electron chi connectivity index (χ0n) is 19.9. The maximum absolute atomic E-state index is 13.3. The first kappa shape index (κ1) is 25.6. The lowest BCUT2D eigenvalue weighted by Crippen LogP contribution is -2.56. The minimum Gasteiger partial charge on any atom is -0.497 e. The fraction of sp³-hybridized carbons (Fsp3) is 0.423. The molecule has 1 N–H and O–H groups in total. The average molecular weight is 486 g/mol. The molecule has 182 valence electrons. The Morgan fingerprint density at radius 3 is 2.26 bits per heavy atom. The van der Waals surface area contributed by atoms with Crippen LogP contribution < -0.4 is 10.1 Å². The summed E-state index contributed by atoms with van der Waals surface area (Å²) in [5.74, 6) is 0.552. The first-order valence-electron chi connectivity index (χ1n) is 11.5. The topological polar surface area (TPSA) is 79.0 Å². The molecule has 1 aliphatic rings. The SMILES string of the molecule is COc1cccc(CC(=O)N2CCN(C(=O)C(CC(C)C)NC(=O)c3ccc(Cl)cc3)CC2)c1. The van der Waals surface area contributed by atoms with Crippen LogP contribution >= 0.6 is 11.6 Å². The molecule has 0 aromatic heterocycles. The van der Waals surface area contributed by atoms with Crippen LogP contribution in [0.1, 0.15) is 36.2 Å². The van der Waals surface area contributed by atoms with Gasteiger partial charge in [-0.1, -0.05) is 37.6 Å². The molecule has 1 fully saturated rings. The summed E-state index contributed by atoms with van der Waals surface area (Å²) in [6, 6.07) is 13.4. The molecular weight excluding hydrogens is 454 g/mol. The van der Waals surface area contributed by atoms with Gasteiger partial charge in [0.1, 0.15) is 11.8 Å². The van der Waals surface area contributed by atoms with Gasteiger partial charge in [-0.25, -0.2) is 0 Å². The molecular formula is C26H32ClN3O4. The highest BCUT2D eigenvalue weighted by Gasteiger charge is 2.30. The standard InChI is InChI=1S/C26H32ClN3O4/c1-18(2)15-23(28-25(32)20-7-9-21(27)10-8-20)26(33)30-13-11-29(12-14-30)24(31)17-19-5-4-6-22(16-19)34-3/h4-10,16,18,23H,11-15,17H2,1-3H3,(H,28,32). The number of amides is 3. The van der Waals surface area contributed by atoms with Crippen LogP contribution in [0.4, 0.5) is 0 Å². The van der Waals surface area contributed by atoms with E-state index in [1.54, 1.807) is 41.2 Å². The molecule has 1 saturated heterocycles. The number of methoxy groups -OCH3 is 1. The quantitative estimate of drug-likeness (QED) is 0.621. The minimum atomic E-state index is -0.623. The number of nitrogens with one attached hydrogen (secondary N) is 1. The zero-order valence-corrected chi connectivity index (χ0v) is 20.7. The van der Waals surface area contributed by atoms with Crippen LogP contribution in [-0.4, -0.2) is 66.9 Å². The fourth-order valence-corrected chi connectivity index (χ4v) is 4.13. The summed E-state index contributed by atoms with van der Waals surface area (Å²) < 4.78 is 5.23. The molecule has 3 amide bonds. The van der Waals surface area contributed by atoms with Crippen LogP contribution in [0, 0.1) is 5.92 Å². The van der Waals surface area contributed by atoms with Crippen molar-refractivity contribution in [2.45, 2.75) is 32.7 Å². The summed E-state index contributed by atoms with van der Waals surface area (Å²) in [6.07, 6.45) is 0.825. The van der Waals surface area contributed by atoms with Crippen molar-refractivity contribution >= 4 is 29.3 Å². The van der Waals surface area contributed by atoms with Gasteiger partial charge in [-0.15, -0.1) is 0 Å². The third-order valence-electron chi connectivity index (χ3n) is 5.85. The van der Waals surface area contributed by atoms with Crippen molar-refractivity contribution in [2.24, 2.45) is 5.92 Å². The van der Waals surface area contributed by atoms with E-state index in [1.165, 1.54) is 0 Å². The summed E-state index contributed by atoms with van der Waals surface area (Å²) in [4.78, 5) is 42.3. The van der Waals surface area contributed by atoms with Crippen molar-refractivity contribution in [2.75, 3.05) is 33.3 Å². The highest BCUT2D eigenvalue weighted by Crippen LogP contribution is 2.16. The third kappa shape index (κ3) is 6.97. The number of ether oxygens (including phenoxy) is 1. The Labute approximate surface area is 206 Å². The number of halogens is 1. The van der Waals surface area contributed by atoms with E-state index in [2.05, 4.69) is 5.32 Å². The van der Waals surface area contributed by atoms with Crippen LogP contribution in [0.5, 0.6) is 5.75 Å². The van der Waals surface area contributed by atoms with Gasteiger partial charge >= 0.3 is 0 Å². The van der Waals surface area contributed by atoms with Gasteiger partial charge in [0.15, 0.2) is 0 Å². The summed E-state index contributed by atoms with van der Waals surface area (Å²) in [5.41, 5.74) is 1.35. The molecule has 0 saturated carbocycles. The molecule has 0 bridgehead atoms. The number of hydrogen-bond acceptors (Lipinski definition) is 4. The summed E-state index contributed by atoms with van der Waals surface area (Å²) >= 11 is 5.91. The number of hydrogen-bond donors (Lipinski definition) is 1. The fourth-order valence-electron chi connectivity index (χ4n) is 4.00. The van der Waals surface area contributed by atoms with E-state index in [1.807, 2.05) is 38.1 Å². The second-order valence-electron chi connectivity index (χ2n) is 8.90. The minimum absolute atomic E-state index is 0.0233. The highest BCUT2D eigenvalue weighted by atomic mass is 35.5. The Balaban J connectivity index is 1.57. The molecule has 8 heteroatoms. The molecule has 34 heavy (non-hydrogen) atoms. The van der Waals surface area contributed by atoms with Gasteiger partial charge in [0.2, 0.25) is 11.8 Å². The van der Waals surface area contributed by atoms with E-state index in [9.17, 15) is 14.4 Å². The molecule has 2 aromatic rings. The van der Waals surface area contributed by atoms with E-state index < -0.39 is 6.04 Å². The number of benzene rings is 2. The van der Waals surface area contributed by atoms with Crippen molar-refractivity contribution in [1.29, 1.82) is 0 Å². The molecule has 0 spiro atoms. The maximum atomic E-state index is 13.3. The number of rotatable bonds is 8. The van der Waals surface area contributed by atoms with Crippen molar-refractivity contribution in [3.8, 4) is 5.75 Å². The molecule has 1 heterocycles. The molecule has 1 atom stereocenters. The van der Waals surface area contributed by atoms with Gasteiger partial charge in [-0.05, 0) is 54.3 Å². The molecule has 3 rings (SSSR count). The van der Waals surface area contributed by atoms with Gasteiger partial charge in [0.25, 0.3) is 5.91 Å². The lowest BCUT2D eigenvalue weighted by Gasteiger charge is -2.37. The Hall–Kier alpha value is -3.06. The Morgan fingerprint density at radius 1 is 1.00 bits per heavy atom. The average Bonchev–Trinajstić information content (AvgIpc) is 2.83. The largest absolute Gasteiger partial charge is 0.497 e. The van der Waals surface area contributed by atoms with Crippen molar-refractivity contribution in [3.05, 3.63) is 64.7 Å². The van der Waals surface area contributed by atoms with Crippen molar-refractivity contribution in [1.82, 2.24) is 15.1 Å². The van der Waals surface area contributed by atoms with E-state index >= 15 is 0 Å². The molecule has 1 aliphatic heterocycles. The summed E-state index contributed by atoms with van der Waals surface area (Å²) in [7, 11) is 1.60. The van der Waals surface area contributed by atoms with Crippen molar-refractivity contribution < 1.29 is 19.1 Å². The predicted octanol–water partition coefficient (Wildman–Crippen LogP) is 3.41. The predicted molar refractivity (Wildman–Crippen MR) is 132 cm³/mol. The second-order valence-corrected chi connectivity index (χ2v) is 9.33. The van der Waals surface area contributed by atoms with Crippen LogP contribution in [-0.2, 0) is 16.0 Å². The monoisotopic (exact) mass is 485 g/mol. The van der Waals surface area contributed by atoms with Gasteiger partial charge in [-0.3, -0.25) is 14.4 Å². The van der Waals surface area contributed by atoms with E-state index in [0.29, 0.717) is 43.2 Å². The van der Waals surface area contributed by atoms with Gasteiger partial charge in [-0.2, -0.15) is 0 Å². The number of nitrogens with zero attached hydrogens (tertiary/aromatic N) is 2. The summed E-state index contributed by atoms with van der Waals surface area (Å²) in [5, 5.41) is 3.44. The van der Waals surface area contributed by atoms with E-state index in [-0.39, 0.29) is 30.1 Å². The third-order valence-corrected chi connectivity index (χ3v) is 6.10. The zero-order chi connectivity index (χ0) is 24.7. The lowest BCUT2D eigenvalue weighted by atomic mass is 10.0. The Kier molecular flexibility index (Phi) is 8.93. The summed E-state index contributed by atoms with van der Waals surface area (Å²) in [6.45, 7) is 5.85. The highest BCUT2D eigenvalue weighted by molar-refractivity contribution is 6.30. The van der Waals surface area contributed by atoms with Crippen LogP contribution in [0.3, 0.4) is 0 Å². The number of piperazine rings is 1. The second kappa shape index (κ2) is 11.9. The first-order valence-corrected chi connectivity index (χ1v) is 11.9. The van der Waals surface area contributed by atoms with Crippen LogP contribution in [0.25, 0.3) is 0 Å². The molecule has 7 nitrogen and oxygen atoms in total. The van der Waals surface area contributed by atoms with Gasteiger partial charge in [0.05, 0.1) is 13.5 Å². The normalized spacial score (nSPS) is 14.6. The first-order chi connectivity index (χ1) is 16.3. The Bertz CT molecular complexity index is 1000. The molecule has 1 unspecified atom stereocenters. The van der Waals surface area contributed by atoms with Crippen LogP contribution in [0.2, 0.25) is 5.02 Å². The molecule has 2 aromatic carbocycles. The maximum Gasteiger partial charge on any atom is 0.251 e. The lowest BCUT2D eigenvalue weighted by molar-refractivity contribution is -0.140. The smallest absolute Gasteiger partial charge is 0.251 e. The Morgan fingerprint density at radius 2 is 1.65 bits per heavy atom. The van der Waals surface area contributed by atoms with Crippen molar-refractivity contribution in [3.63, 3.8) is 0 Å². The van der Waals surface area contributed by atoms with Crippen LogP contribution in [0.15, 0.2) is 48.5 Å². The van der Waals surface area contributed by atoms with E-state index in [0.717, 1.165) is 11.3 Å². The number of carbonyl (C=O) groups excluding carboxylic acids is 3. The van der Waals surface area contributed by atoms with Gasteiger partial charge in [0, 0.05) is 36.8 Å². The van der Waals surface area contributed by atoms with E-state index in [4.69, 9.17) is 16.3 Å². The molecule has 0 aliphatic carbocycles.